The fourth-order valence-corrected chi connectivity index (χ4v) is 2.67. The number of aryl methyl sites for hydroxylation is 1. The summed E-state index contributed by atoms with van der Waals surface area (Å²) in [4.78, 5) is 24.3. The van der Waals surface area contributed by atoms with Crippen molar-refractivity contribution in [2.45, 2.75) is 6.92 Å². The molecule has 0 spiro atoms. The van der Waals surface area contributed by atoms with Crippen molar-refractivity contribution >= 4 is 22.5 Å². The number of carbonyl (C=O) groups excluding carboxylic acids is 1. The van der Waals surface area contributed by atoms with Gasteiger partial charge in [-0.3, -0.25) is 9.36 Å². The summed E-state index contributed by atoms with van der Waals surface area (Å²) in [6, 6.07) is 13.2. The predicted molar refractivity (Wildman–Crippen MR) is 92.3 cm³/mol. The zero-order valence-corrected chi connectivity index (χ0v) is 13.0. The molecular weight excluding hydrogens is 302 g/mol. The Morgan fingerprint density at radius 2 is 2.00 bits per heavy atom. The van der Waals surface area contributed by atoms with Gasteiger partial charge in [0.1, 0.15) is 11.5 Å². The quantitative estimate of drug-likeness (QED) is 0.608. The van der Waals surface area contributed by atoms with Crippen molar-refractivity contribution in [2.75, 3.05) is 5.32 Å². The number of aromatic amines is 1. The summed E-state index contributed by atoms with van der Waals surface area (Å²) >= 11 is 0. The van der Waals surface area contributed by atoms with Crippen molar-refractivity contribution in [3.8, 4) is 5.82 Å². The molecule has 4 aromatic rings. The van der Waals surface area contributed by atoms with Crippen molar-refractivity contribution in [1.29, 1.82) is 0 Å². The second-order valence-electron chi connectivity index (χ2n) is 5.44. The molecule has 0 radical (unpaired) electrons. The van der Waals surface area contributed by atoms with E-state index in [1.165, 1.54) is 0 Å². The molecule has 118 valence electrons. The van der Waals surface area contributed by atoms with Gasteiger partial charge in [-0.1, -0.05) is 18.2 Å². The number of hydrogen-bond donors (Lipinski definition) is 2. The van der Waals surface area contributed by atoms with Gasteiger partial charge in [0.25, 0.3) is 5.91 Å². The first-order valence-corrected chi connectivity index (χ1v) is 7.57. The SMILES string of the molecule is Cc1nccn1-c1ncccc1NC(=O)c1cc2ccccc2[nH]1. The number of anilines is 1. The first-order valence-electron chi connectivity index (χ1n) is 7.57. The fraction of sp³-hybridized carbons (Fsp3) is 0.0556. The summed E-state index contributed by atoms with van der Waals surface area (Å²) in [6.07, 6.45) is 5.21. The van der Waals surface area contributed by atoms with Crippen LogP contribution >= 0.6 is 0 Å². The van der Waals surface area contributed by atoms with Gasteiger partial charge >= 0.3 is 0 Å². The third kappa shape index (κ3) is 2.44. The summed E-state index contributed by atoms with van der Waals surface area (Å²) in [5, 5.41) is 3.92. The van der Waals surface area contributed by atoms with Gasteiger partial charge in [0.2, 0.25) is 0 Å². The molecule has 0 aliphatic carbocycles. The number of rotatable bonds is 3. The summed E-state index contributed by atoms with van der Waals surface area (Å²) in [5.41, 5.74) is 2.06. The van der Waals surface area contributed by atoms with Crippen LogP contribution in [0, 0.1) is 6.92 Å². The van der Waals surface area contributed by atoms with Gasteiger partial charge in [-0.2, -0.15) is 0 Å². The zero-order valence-electron chi connectivity index (χ0n) is 13.0. The molecule has 6 nitrogen and oxygen atoms in total. The lowest BCUT2D eigenvalue weighted by Gasteiger charge is -2.11. The highest BCUT2D eigenvalue weighted by molar-refractivity contribution is 6.06. The molecule has 3 heterocycles. The van der Waals surface area contributed by atoms with E-state index < -0.39 is 0 Å². The smallest absolute Gasteiger partial charge is 0.272 e. The van der Waals surface area contributed by atoms with Crippen molar-refractivity contribution in [2.24, 2.45) is 0 Å². The molecule has 0 saturated heterocycles. The summed E-state index contributed by atoms with van der Waals surface area (Å²) < 4.78 is 1.83. The Labute approximate surface area is 138 Å². The maximum Gasteiger partial charge on any atom is 0.272 e. The van der Waals surface area contributed by atoms with Gasteiger partial charge in [0.15, 0.2) is 5.82 Å². The topological polar surface area (TPSA) is 75.6 Å². The Kier molecular flexibility index (Phi) is 3.35. The molecule has 4 rings (SSSR count). The van der Waals surface area contributed by atoms with Crippen LogP contribution in [0.2, 0.25) is 0 Å². The summed E-state index contributed by atoms with van der Waals surface area (Å²) in [5.74, 6) is 1.23. The van der Waals surface area contributed by atoms with E-state index in [4.69, 9.17) is 0 Å². The highest BCUT2D eigenvalue weighted by Crippen LogP contribution is 2.20. The minimum Gasteiger partial charge on any atom is -0.351 e. The van der Waals surface area contributed by atoms with E-state index in [0.29, 0.717) is 17.2 Å². The standard InChI is InChI=1S/C18H15N5O/c1-12-19-9-10-23(12)17-15(7-4-8-20-17)22-18(24)16-11-13-5-2-3-6-14(13)21-16/h2-11,21H,1H3,(H,22,24). The highest BCUT2D eigenvalue weighted by atomic mass is 16.1. The van der Waals surface area contributed by atoms with E-state index in [0.717, 1.165) is 16.7 Å². The maximum atomic E-state index is 12.6. The average Bonchev–Trinajstić information content (AvgIpc) is 3.21. The van der Waals surface area contributed by atoms with Gasteiger partial charge < -0.3 is 10.3 Å². The number of pyridine rings is 1. The number of imidazole rings is 1. The molecule has 24 heavy (non-hydrogen) atoms. The normalized spacial score (nSPS) is 10.9. The van der Waals surface area contributed by atoms with Gasteiger partial charge in [-0.25, -0.2) is 9.97 Å². The zero-order chi connectivity index (χ0) is 16.5. The van der Waals surface area contributed by atoms with Gasteiger partial charge in [-0.05, 0) is 31.2 Å². The number of carbonyl (C=O) groups is 1. The lowest BCUT2D eigenvalue weighted by molar-refractivity contribution is 0.102. The molecule has 0 atom stereocenters. The number of benzene rings is 1. The molecule has 0 fully saturated rings. The molecule has 0 aliphatic heterocycles. The number of nitrogens with one attached hydrogen (secondary N) is 2. The molecular formula is C18H15N5O. The number of nitrogens with zero attached hydrogens (tertiary/aromatic N) is 3. The van der Waals surface area contributed by atoms with Gasteiger partial charge in [0, 0.05) is 29.5 Å². The van der Waals surface area contributed by atoms with E-state index in [9.17, 15) is 4.79 Å². The van der Waals surface area contributed by atoms with Gasteiger partial charge in [0.05, 0.1) is 5.69 Å². The third-order valence-corrected chi connectivity index (χ3v) is 3.86. The Hall–Kier alpha value is -3.41. The Bertz CT molecular complexity index is 998. The van der Waals surface area contributed by atoms with Crippen molar-refractivity contribution in [3.05, 3.63) is 72.6 Å². The molecule has 3 aromatic heterocycles. The van der Waals surface area contributed by atoms with Crippen LogP contribution < -0.4 is 5.32 Å². The number of hydrogen-bond acceptors (Lipinski definition) is 3. The van der Waals surface area contributed by atoms with Gasteiger partial charge in [-0.15, -0.1) is 0 Å². The number of H-pyrrole nitrogens is 1. The number of aromatic nitrogens is 4. The van der Waals surface area contributed by atoms with Crippen LogP contribution in [-0.2, 0) is 0 Å². The molecule has 0 saturated carbocycles. The molecule has 6 heteroatoms. The van der Waals surface area contributed by atoms with E-state index in [2.05, 4.69) is 20.3 Å². The van der Waals surface area contributed by atoms with Crippen LogP contribution in [-0.4, -0.2) is 25.4 Å². The van der Waals surface area contributed by atoms with Crippen LogP contribution in [0.25, 0.3) is 16.7 Å². The largest absolute Gasteiger partial charge is 0.351 e. The Balaban J connectivity index is 1.68. The van der Waals surface area contributed by atoms with E-state index in [1.807, 2.05) is 54.1 Å². The third-order valence-electron chi connectivity index (χ3n) is 3.86. The minimum absolute atomic E-state index is 0.210. The maximum absolute atomic E-state index is 12.6. The summed E-state index contributed by atoms with van der Waals surface area (Å²) in [7, 11) is 0. The number of amides is 1. The van der Waals surface area contributed by atoms with E-state index in [-0.39, 0.29) is 5.91 Å². The van der Waals surface area contributed by atoms with Crippen LogP contribution in [0.3, 0.4) is 0 Å². The first kappa shape index (κ1) is 14.2. The van der Waals surface area contributed by atoms with Crippen LogP contribution in [0.4, 0.5) is 5.69 Å². The predicted octanol–water partition coefficient (Wildman–Crippen LogP) is 3.31. The fourth-order valence-electron chi connectivity index (χ4n) is 2.67. The molecule has 2 N–H and O–H groups in total. The lowest BCUT2D eigenvalue weighted by atomic mass is 10.2. The molecule has 1 aromatic carbocycles. The minimum atomic E-state index is -0.210. The van der Waals surface area contributed by atoms with Crippen LogP contribution in [0.1, 0.15) is 16.3 Å². The first-order chi connectivity index (χ1) is 11.7. The molecule has 1 amide bonds. The summed E-state index contributed by atoms with van der Waals surface area (Å²) in [6.45, 7) is 1.89. The molecule has 0 bridgehead atoms. The Morgan fingerprint density at radius 3 is 2.79 bits per heavy atom. The van der Waals surface area contributed by atoms with Crippen molar-refractivity contribution in [1.82, 2.24) is 19.5 Å². The second-order valence-corrected chi connectivity index (χ2v) is 5.44. The molecule has 0 unspecified atom stereocenters. The van der Waals surface area contributed by atoms with Crippen molar-refractivity contribution < 1.29 is 4.79 Å². The highest BCUT2D eigenvalue weighted by Gasteiger charge is 2.14. The number of fused-ring (bicyclic) bond motifs is 1. The number of para-hydroxylation sites is 1. The Morgan fingerprint density at radius 1 is 1.12 bits per heavy atom. The van der Waals surface area contributed by atoms with E-state index in [1.54, 1.807) is 18.5 Å². The van der Waals surface area contributed by atoms with Crippen LogP contribution in [0.15, 0.2) is 61.1 Å². The molecule has 0 aliphatic rings. The average molecular weight is 317 g/mol. The lowest BCUT2D eigenvalue weighted by Crippen LogP contribution is -2.15. The monoisotopic (exact) mass is 317 g/mol. The van der Waals surface area contributed by atoms with Crippen molar-refractivity contribution in [3.63, 3.8) is 0 Å². The van der Waals surface area contributed by atoms with E-state index >= 15 is 0 Å². The van der Waals surface area contributed by atoms with Crippen LogP contribution in [0.5, 0.6) is 0 Å². The second kappa shape index (κ2) is 5.66.